The highest BCUT2D eigenvalue weighted by Crippen LogP contribution is 2.31. The molecule has 0 aliphatic rings. The number of hydrogen-bond donors (Lipinski definition) is 0. The molecule has 0 aromatic rings. The van der Waals surface area contributed by atoms with E-state index in [0.717, 1.165) is 0 Å². The Balaban J connectivity index is 4.62. The largest absolute Gasteiger partial charge is 0.375 e. The fourth-order valence-electron chi connectivity index (χ4n) is 2.32. The summed E-state index contributed by atoms with van der Waals surface area (Å²) in [6, 6.07) is 0. The van der Waals surface area contributed by atoms with E-state index < -0.39 is 11.0 Å². The Bertz CT molecular complexity index is 403. The van der Waals surface area contributed by atoms with Gasteiger partial charge in [0.25, 0.3) is 0 Å². The van der Waals surface area contributed by atoms with Gasteiger partial charge in [-0.1, -0.05) is 55.4 Å². The van der Waals surface area contributed by atoms with Crippen LogP contribution in [0.3, 0.4) is 0 Å². The molecule has 0 saturated carbocycles. The molecule has 0 aliphatic carbocycles. The van der Waals surface area contributed by atoms with Crippen molar-refractivity contribution in [1.82, 2.24) is 0 Å². The molecular weight excluding hydrogens is 276 g/mol. The quantitative estimate of drug-likeness (QED) is 0.677. The SMILES string of the molecule is CC(C)(CCC(=O)C(C)(C)C)OCC(C)(C)C(=O)C(C)(C)C. The first-order valence-corrected chi connectivity index (χ1v) is 8.21. The van der Waals surface area contributed by atoms with Gasteiger partial charge in [0.15, 0.2) is 0 Å². The summed E-state index contributed by atoms with van der Waals surface area (Å²) >= 11 is 0. The molecule has 0 fully saturated rings. The summed E-state index contributed by atoms with van der Waals surface area (Å²) in [6.07, 6.45) is 1.17. The summed E-state index contributed by atoms with van der Waals surface area (Å²) in [5.41, 5.74) is -1.61. The van der Waals surface area contributed by atoms with E-state index in [-0.39, 0.29) is 22.4 Å². The maximum Gasteiger partial charge on any atom is 0.146 e. The molecule has 3 heteroatoms. The van der Waals surface area contributed by atoms with Crippen LogP contribution in [0.5, 0.6) is 0 Å². The van der Waals surface area contributed by atoms with Crippen LogP contribution in [-0.2, 0) is 14.3 Å². The van der Waals surface area contributed by atoms with Crippen molar-refractivity contribution in [3.63, 3.8) is 0 Å². The zero-order valence-corrected chi connectivity index (χ0v) is 16.3. The highest BCUT2D eigenvalue weighted by Gasteiger charge is 2.37. The second-order valence-corrected chi connectivity index (χ2v) is 9.68. The van der Waals surface area contributed by atoms with Crippen molar-refractivity contribution >= 4 is 11.6 Å². The van der Waals surface area contributed by atoms with E-state index in [4.69, 9.17) is 4.74 Å². The molecule has 0 radical (unpaired) electrons. The van der Waals surface area contributed by atoms with Crippen LogP contribution in [-0.4, -0.2) is 23.8 Å². The van der Waals surface area contributed by atoms with Gasteiger partial charge in [0, 0.05) is 22.7 Å². The molecule has 0 rings (SSSR count). The summed E-state index contributed by atoms with van der Waals surface area (Å²) in [7, 11) is 0. The third-order valence-electron chi connectivity index (χ3n) is 3.91. The van der Waals surface area contributed by atoms with Gasteiger partial charge in [-0.2, -0.15) is 0 Å². The first-order chi connectivity index (χ1) is 9.49. The average molecular weight is 312 g/mol. The predicted molar refractivity (Wildman–Crippen MR) is 92.0 cm³/mol. The van der Waals surface area contributed by atoms with Gasteiger partial charge in [0.05, 0.1) is 12.2 Å². The van der Waals surface area contributed by atoms with Gasteiger partial charge in [-0.3, -0.25) is 9.59 Å². The van der Waals surface area contributed by atoms with Crippen molar-refractivity contribution < 1.29 is 14.3 Å². The number of hydrogen-bond acceptors (Lipinski definition) is 3. The second kappa shape index (κ2) is 6.82. The molecule has 0 aromatic carbocycles. The van der Waals surface area contributed by atoms with Crippen molar-refractivity contribution in [2.75, 3.05) is 6.61 Å². The molecule has 0 aromatic heterocycles. The lowest BCUT2D eigenvalue weighted by Crippen LogP contribution is -2.41. The maximum absolute atomic E-state index is 12.5. The highest BCUT2D eigenvalue weighted by molar-refractivity contribution is 5.88. The summed E-state index contributed by atoms with van der Waals surface area (Å²) in [4.78, 5) is 24.5. The zero-order chi connectivity index (χ0) is 18.0. The smallest absolute Gasteiger partial charge is 0.146 e. The Morgan fingerprint density at radius 1 is 0.773 bits per heavy atom. The normalized spacial score (nSPS) is 14.1. The maximum atomic E-state index is 12.5. The lowest BCUT2D eigenvalue weighted by Gasteiger charge is -2.34. The van der Waals surface area contributed by atoms with Gasteiger partial charge in [-0.25, -0.2) is 0 Å². The first-order valence-electron chi connectivity index (χ1n) is 8.21. The minimum Gasteiger partial charge on any atom is -0.375 e. The van der Waals surface area contributed by atoms with E-state index in [2.05, 4.69) is 0 Å². The van der Waals surface area contributed by atoms with Crippen LogP contribution < -0.4 is 0 Å². The Kier molecular flexibility index (Phi) is 6.60. The molecule has 0 spiro atoms. The van der Waals surface area contributed by atoms with Crippen LogP contribution in [0, 0.1) is 16.2 Å². The van der Waals surface area contributed by atoms with Crippen molar-refractivity contribution in [2.24, 2.45) is 16.2 Å². The van der Waals surface area contributed by atoms with Crippen LogP contribution in [0.2, 0.25) is 0 Å². The average Bonchev–Trinajstić information content (AvgIpc) is 2.30. The standard InChI is InChI=1S/C19H36O3/c1-16(2,3)14(20)11-12-19(9,10)22-13-18(7,8)15(21)17(4,5)6/h11-13H2,1-10H3. The van der Waals surface area contributed by atoms with Crippen molar-refractivity contribution in [3.05, 3.63) is 0 Å². The topological polar surface area (TPSA) is 43.4 Å². The van der Waals surface area contributed by atoms with Gasteiger partial charge >= 0.3 is 0 Å². The van der Waals surface area contributed by atoms with E-state index in [9.17, 15) is 9.59 Å². The number of rotatable bonds is 7. The number of Topliss-reactive ketones (excluding diaryl/α,β-unsaturated/α-hetero) is 2. The van der Waals surface area contributed by atoms with Crippen molar-refractivity contribution in [3.8, 4) is 0 Å². The zero-order valence-electron chi connectivity index (χ0n) is 16.3. The highest BCUT2D eigenvalue weighted by atomic mass is 16.5. The summed E-state index contributed by atoms with van der Waals surface area (Å²) in [6.45, 7) is 19.8. The Morgan fingerprint density at radius 3 is 1.59 bits per heavy atom. The van der Waals surface area contributed by atoms with Gasteiger partial charge in [-0.15, -0.1) is 0 Å². The van der Waals surface area contributed by atoms with E-state index in [1.54, 1.807) is 0 Å². The van der Waals surface area contributed by atoms with E-state index in [1.165, 1.54) is 0 Å². The molecule has 0 amide bonds. The lowest BCUT2D eigenvalue weighted by molar-refractivity contribution is -0.143. The molecule has 3 nitrogen and oxygen atoms in total. The number of carbonyl (C=O) groups excluding carboxylic acids is 2. The fourth-order valence-corrected chi connectivity index (χ4v) is 2.32. The molecular formula is C19H36O3. The molecule has 22 heavy (non-hydrogen) atoms. The van der Waals surface area contributed by atoms with Gasteiger partial charge in [0.2, 0.25) is 0 Å². The van der Waals surface area contributed by atoms with Gasteiger partial charge in [0.1, 0.15) is 11.6 Å². The molecule has 0 saturated heterocycles. The molecule has 0 N–H and O–H groups in total. The predicted octanol–water partition coefficient (Wildman–Crippen LogP) is 4.82. The van der Waals surface area contributed by atoms with E-state index >= 15 is 0 Å². The van der Waals surface area contributed by atoms with Gasteiger partial charge < -0.3 is 4.74 Å². The van der Waals surface area contributed by atoms with Crippen LogP contribution in [0.1, 0.15) is 82.1 Å². The molecule has 130 valence electrons. The van der Waals surface area contributed by atoms with Crippen LogP contribution >= 0.6 is 0 Å². The minimum atomic E-state index is -0.524. The van der Waals surface area contributed by atoms with Crippen LogP contribution in [0.25, 0.3) is 0 Å². The number of ketones is 2. The van der Waals surface area contributed by atoms with Crippen molar-refractivity contribution in [1.29, 1.82) is 0 Å². The molecule has 0 unspecified atom stereocenters. The van der Waals surface area contributed by atoms with Gasteiger partial charge in [-0.05, 0) is 20.3 Å². The third kappa shape index (κ3) is 7.04. The number of ether oxygens (including phenoxy) is 1. The molecule has 0 bridgehead atoms. The van der Waals surface area contributed by atoms with Crippen LogP contribution in [0.15, 0.2) is 0 Å². The summed E-state index contributed by atoms with van der Waals surface area (Å²) in [5.74, 6) is 0.441. The van der Waals surface area contributed by atoms with E-state index in [0.29, 0.717) is 19.4 Å². The molecule has 0 heterocycles. The first kappa shape index (κ1) is 21.3. The third-order valence-corrected chi connectivity index (χ3v) is 3.91. The number of carbonyl (C=O) groups is 2. The van der Waals surface area contributed by atoms with Crippen molar-refractivity contribution in [2.45, 2.75) is 87.7 Å². The monoisotopic (exact) mass is 312 g/mol. The van der Waals surface area contributed by atoms with E-state index in [1.807, 2.05) is 69.2 Å². The Morgan fingerprint density at radius 2 is 1.23 bits per heavy atom. The summed E-state index contributed by atoms with van der Waals surface area (Å²) in [5, 5.41) is 0. The second-order valence-electron chi connectivity index (χ2n) is 9.68. The Labute approximate surface area is 137 Å². The molecule has 0 aliphatic heterocycles. The summed E-state index contributed by atoms with van der Waals surface area (Å²) < 4.78 is 6.00. The molecule has 0 atom stereocenters. The van der Waals surface area contributed by atoms with Crippen LogP contribution in [0.4, 0.5) is 0 Å². The minimum absolute atomic E-state index is 0.196. The lowest BCUT2D eigenvalue weighted by atomic mass is 9.75. The Hall–Kier alpha value is -0.700. The fraction of sp³-hybridized carbons (Fsp3) is 0.895.